The Labute approximate surface area is 151 Å². The molecule has 4 rings (SSSR count). The second-order valence-corrected chi connectivity index (χ2v) is 6.21. The fourth-order valence-electron chi connectivity index (χ4n) is 2.88. The molecule has 124 valence electrons. The zero-order chi connectivity index (χ0) is 17.1. The molecule has 0 amide bonds. The molecule has 0 fully saturated rings. The van der Waals surface area contributed by atoms with Gasteiger partial charge in [0.1, 0.15) is 18.2 Å². The lowest BCUT2D eigenvalue weighted by Gasteiger charge is -2.11. The number of ether oxygens (including phenoxy) is 1. The third-order valence-corrected chi connectivity index (χ3v) is 4.42. The second-order valence-electron chi connectivity index (χ2n) is 5.81. The van der Waals surface area contributed by atoms with Gasteiger partial charge >= 0.3 is 0 Å². The van der Waals surface area contributed by atoms with Gasteiger partial charge in [0.15, 0.2) is 0 Å². The Kier molecular flexibility index (Phi) is 4.40. The number of halogens is 1. The van der Waals surface area contributed by atoms with Crippen molar-refractivity contribution in [2.75, 3.05) is 0 Å². The van der Waals surface area contributed by atoms with Crippen molar-refractivity contribution in [3.05, 3.63) is 95.3 Å². The molecule has 25 heavy (non-hydrogen) atoms. The third-order valence-electron chi connectivity index (χ3n) is 4.11. The minimum Gasteiger partial charge on any atom is -0.484 e. The van der Waals surface area contributed by atoms with Gasteiger partial charge in [0.25, 0.3) is 0 Å². The molecule has 0 bridgehead atoms. The van der Waals surface area contributed by atoms with Crippen LogP contribution in [0.25, 0.3) is 11.0 Å². The molecule has 3 nitrogen and oxygen atoms in total. The first-order valence-electron chi connectivity index (χ1n) is 8.16. The summed E-state index contributed by atoms with van der Waals surface area (Å²) in [6, 6.07) is 26.0. The Morgan fingerprint density at radius 1 is 0.840 bits per heavy atom. The minimum atomic E-state index is 0.366. The molecule has 0 saturated heterocycles. The lowest BCUT2D eigenvalue weighted by atomic mass is 10.2. The van der Waals surface area contributed by atoms with Crippen LogP contribution in [0.1, 0.15) is 11.4 Å². The first-order chi connectivity index (χ1) is 12.3. The number of aromatic nitrogens is 2. The van der Waals surface area contributed by atoms with Crippen LogP contribution in [-0.4, -0.2) is 9.55 Å². The molecule has 0 unspecified atom stereocenters. The smallest absolute Gasteiger partial charge is 0.148 e. The SMILES string of the molecule is Clc1ccccc1OCc1nc2ccccc2n1Cc1ccccc1. The maximum absolute atomic E-state index is 6.19. The van der Waals surface area contributed by atoms with Gasteiger partial charge in [-0.15, -0.1) is 0 Å². The summed E-state index contributed by atoms with van der Waals surface area (Å²) in [4.78, 5) is 4.75. The average molecular weight is 349 g/mol. The van der Waals surface area contributed by atoms with Crippen molar-refractivity contribution < 1.29 is 4.74 Å². The van der Waals surface area contributed by atoms with E-state index >= 15 is 0 Å². The Hall–Kier alpha value is -2.78. The highest BCUT2D eigenvalue weighted by atomic mass is 35.5. The van der Waals surface area contributed by atoms with Gasteiger partial charge in [0.05, 0.1) is 16.1 Å². The van der Waals surface area contributed by atoms with E-state index in [9.17, 15) is 0 Å². The van der Waals surface area contributed by atoms with E-state index in [0.29, 0.717) is 17.4 Å². The number of hydrogen-bond acceptors (Lipinski definition) is 2. The summed E-state index contributed by atoms with van der Waals surface area (Å²) in [6.07, 6.45) is 0. The molecule has 4 aromatic rings. The lowest BCUT2D eigenvalue weighted by Crippen LogP contribution is -2.08. The number of imidazole rings is 1. The Bertz CT molecular complexity index is 995. The van der Waals surface area contributed by atoms with Crippen LogP contribution in [0.4, 0.5) is 0 Å². The van der Waals surface area contributed by atoms with Crippen LogP contribution >= 0.6 is 11.6 Å². The normalized spacial score (nSPS) is 10.9. The van der Waals surface area contributed by atoms with E-state index in [2.05, 4.69) is 22.8 Å². The van der Waals surface area contributed by atoms with Gasteiger partial charge < -0.3 is 9.30 Å². The van der Waals surface area contributed by atoms with Crippen LogP contribution in [0.3, 0.4) is 0 Å². The first kappa shape index (κ1) is 15.7. The predicted octanol–water partition coefficient (Wildman–Crippen LogP) is 5.32. The summed E-state index contributed by atoms with van der Waals surface area (Å²) in [5, 5.41) is 0.605. The highest BCUT2D eigenvalue weighted by molar-refractivity contribution is 6.32. The van der Waals surface area contributed by atoms with Gasteiger partial charge in [-0.2, -0.15) is 0 Å². The Balaban J connectivity index is 1.68. The van der Waals surface area contributed by atoms with Crippen LogP contribution in [0.5, 0.6) is 5.75 Å². The largest absolute Gasteiger partial charge is 0.484 e. The highest BCUT2D eigenvalue weighted by Gasteiger charge is 2.12. The Morgan fingerprint density at radius 2 is 1.56 bits per heavy atom. The molecule has 1 heterocycles. The van der Waals surface area contributed by atoms with E-state index in [1.807, 2.05) is 60.7 Å². The molecule has 0 aliphatic rings. The maximum Gasteiger partial charge on any atom is 0.148 e. The molecule has 0 aliphatic carbocycles. The van der Waals surface area contributed by atoms with Gasteiger partial charge in [-0.1, -0.05) is 66.2 Å². The zero-order valence-corrected chi connectivity index (χ0v) is 14.4. The van der Waals surface area contributed by atoms with Crippen molar-refractivity contribution in [2.45, 2.75) is 13.2 Å². The van der Waals surface area contributed by atoms with E-state index in [-0.39, 0.29) is 0 Å². The number of benzene rings is 3. The summed E-state index contributed by atoms with van der Waals surface area (Å²) in [6.45, 7) is 1.12. The molecule has 0 radical (unpaired) electrons. The van der Waals surface area contributed by atoms with Crippen molar-refractivity contribution in [1.82, 2.24) is 9.55 Å². The van der Waals surface area contributed by atoms with Gasteiger partial charge in [-0.25, -0.2) is 4.98 Å². The summed E-state index contributed by atoms with van der Waals surface area (Å²) in [5.41, 5.74) is 3.30. The van der Waals surface area contributed by atoms with Crippen LogP contribution < -0.4 is 4.74 Å². The lowest BCUT2D eigenvalue weighted by molar-refractivity contribution is 0.291. The van der Waals surface area contributed by atoms with Gasteiger partial charge in [0, 0.05) is 6.54 Å². The van der Waals surface area contributed by atoms with E-state index in [1.165, 1.54) is 5.56 Å². The minimum absolute atomic E-state index is 0.366. The fourth-order valence-corrected chi connectivity index (χ4v) is 3.07. The standard InChI is InChI=1S/C21H17ClN2O/c22-17-10-4-7-13-20(17)25-15-21-23-18-11-5-6-12-19(18)24(21)14-16-8-2-1-3-9-16/h1-13H,14-15H2. The molecule has 1 aromatic heterocycles. The van der Waals surface area contributed by atoms with E-state index in [0.717, 1.165) is 23.4 Å². The van der Waals surface area contributed by atoms with Crippen LogP contribution in [0.15, 0.2) is 78.9 Å². The zero-order valence-electron chi connectivity index (χ0n) is 13.6. The van der Waals surface area contributed by atoms with Gasteiger partial charge in [-0.3, -0.25) is 0 Å². The average Bonchev–Trinajstić information content (AvgIpc) is 3.00. The van der Waals surface area contributed by atoms with E-state index in [4.69, 9.17) is 21.3 Å². The van der Waals surface area contributed by atoms with Crippen molar-refractivity contribution in [2.24, 2.45) is 0 Å². The van der Waals surface area contributed by atoms with Crippen LogP contribution in [-0.2, 0) is 13.2 Å². The third kappa shape index (κ3) is 3.37. The second kappa shape index (κ2) is 6.99. The molecule has 0 spiro atoms. The summed E-state index contributed by atoms with van der Waals surface area (Å²) in [5.74, 6) is 1.55. The quantitative estimate of drug-likeness (QED) is 0.488. The van der Waals surface area contributed by atoms with E-state index in [1.54, 1.807) is 0 Å². The molecule has 0 N–H and O–H groups in total. The summed E-state index contributed by atoms with van der Waals surface area (Å²) in [7, 11) is 0. The highest BCUT2D eigenvalue weighted by Crippen LogP contribution is 2.25. The molecular weight excluding hydrogens is 332 g/mol. The van der Waals surface area contributed by atoms with Crippen molar-refractivity contribution in [3.8, 4) is 5.75 Å². The van der Waals surface area contributed by atoms with Gasteiger partial charge in [-0.05, 0) is 29.8 Å². The summed E-state index contributed by atoms with van der Waals surface area (Å²) >= 11 is 6.19. The summed E-state index contributed by atoms with van der Waals surface area (Å²) < 4.78 is 8.11. The number of nitrogens with zero attached hydrogens (tertiary/aromatic N) is 2. The maximum atomic E-state index is 6.19. The molecule has 0 atom stereocenters. The van der Waals surface area contributed by atoms with Crippen molar-refractivity contribution in [3.63, 3.8) is 0 Å². The number of hydrogen-bond donors (Lipinski definition) is 0. The first-order valence-corrected chi connectivity index (χ1v) is 8.54. The molecule has 0 aliphatic heterocycles. The van der Waals surface area contributed by atoms with Crippen molar-refractivity contribution >= 4 is 22.6 Å². The Morgan fingerprint density at radius 3 is 2.40 bits per heavy atom. The van der Waals surface area contributed by atoms with Gasteiger partial charge in [0.2, 0.25) is 0 Å². The van der Waals surface area contributed by atoms with Crippen LogP contribution in [0, 0.1) is 0 Å². The number of rotatable bonds is 5. The monoisotopic (exact) mass is 348 g/mol. The fraction of sp³-hybridized carbons (Fsp3) is 0.0952. The topological polar surface area (TPSA) is 27.1 Å². The molecule has 4 heteroatoms. The van der Waals surface area contributed by atoms with E-state index < -0.39 is 0 Å². The van der Waals surface area contributed by atoms with Crippen molar-refractivity contribution in [1.29, 1.82) is 0 Å². The van der Waals surface area contributed by atoms with Crippen LogP contribution in [0.2, 0.25) is 5.02 Å². The molecular formula is C21H17ClN2O. The number of fused-ring (bicyclic) bond motifs is 1. The predicted molar refractivity (Wildman–Crippen MR) is 101 cm³/mol. The molecule has 3 aromatic carbocycles. The molecule has 0 saturated carbocycles. The number of para-hydroxylation sites is 3.